The lowest BCUT2D eigenvalue weighted by Gasteiger charge is -2.31. The van der Waals surface area contributed by atoms with Gasteiger partial charge in [-0.15, -0.1) is 24.0 Å². The zero-order valence-corrected chi connectivity index (χ0v) is 18.8. The summed E-state index contributed by atoms with van der Waals surface area (Å²) in [5.41, 5.74) is 2.89. The molecule has 27 heavy (non-hydrogen) atoms. The third-order valence-electron chi connectivity index (χ3n) is 5.17. The molecule has 0 atom stereocenters. The van der Waals surface area contributed by atoms with E-state index in [1.807, 2.05) is 0 Å². The highest BCUT2D eigenvalue weighted by molar-refractivity contribution is 14.0. The van der Waals surface area contributed by atoms with E-state index >= 15 is 0 Å². The fraction of sp³-hybridized carbons (Fsp3) is 0.667. The molecule has 1 saturated heterocycles. The van der Waals surface area contributed by atoms with Gasteiger partial charge < -0.3 is 19.7 Å². The largest absolute Gasteiger partial charge is 0.381 e. The number of nitrogens with one attached hydrogen (secondary N) is 1. The highest BCUT2D eigenvalue weighted by Crippen LogP contribution is 2.18. The third kappa shape index (κ3) is 7.23. The average molecular weight is 487 g/mol. The molecular weight excluding hydrogens is 453 g/mol. The molecule has 2 heterocycles. The van der Waals surface area contributed by atoms with E-state index in [2.05, 4.69) is 41.4 Å². The SMILES string of the molecule is CCNC(=NCCCOCC1CCOCC1)N1CCc2ccccc2C1.I. The van der Waals surface area contributed by atoms with E-state index in [4.69, 9.17) is 14.5 Å². The van der Waals surface area contributed by atoms with Crippen molar-refractivity contribution >= 4 is 29.9 Å². The summed E-state index contributed by atoms with van der Waals surface area (Å²) in [4.78, 5) is 7.20. The van der Waals surface area contributed by atoms with Crippen LogP contribution in [0.1, 0.15) is 37.3 Å². The Hall–Kier alpha value is -0.860. The summed E-state index contributed by atoms with van der Waals surface area (Å²) in [5, 5.41) is 3.45. The molecule has 0 aromatic heterocycles. The van der Waals surface area contributed by atoms with Gasteiger partial charge in [-0.25, -0.2) is 0 Å². The number of benzene rings is 1. The van der Waals surface area contributed by atoms with Crippen LogP contribution >= 0.6 is 24.0 Å². The smallest absolute Gasteiger partial charge is 0.194 e. The average Bonchev–Trinajstić information content (AvgIpc) is 2.70. The van der Waals surface area contributed by atoms with Gasteiger partial charge in [0.2, 0.25) is 0 Å². The first-order valence-corrected chi connectivity index (χ1v) is 10.1. The topological polar surface area (TPSA) is 46.1 Å². The van der Waals surface area contributed by atoms with Gasteiger partial charge in [0.1, 0.15) is 0 Å². The Morgan fingerprint density at radius 2 is 2.04 bits per heavy atom. The van der Waals surface area contributed by atoms with Gasteiger partial charge in [-0.2, -0.15) is 0 Å². The molecule has 6 heteroatoms. The van der Waals surface area contributed by atoms with Crippen LogP contribution in [0.5, 0.6) is 0 Å². The molecule has 0 spiro atoms. The van der Waals surface area contributed by atoms with Crippen molar-refractivity contribution in [1.82, 2.24) is 10.2 Å². The molecule has 5 nitrogen and oxygen atoms in total. The molecule has 1 N–H and O–H groups in total. The molecule has 0 amide bonds. The van der Waals surface area contributed by atoms with Crippen molar-refractivity contribution in [2.45, 2.75) is 39.2 Å². The standard InChI is InChI=1S/C21H33N3O2.HI/c1-2-22-21(24-12-8-19-6-3-4-7-20(19)16-24)23-11-5-13-26-17-18-9-14-25-15-10-18;/h3-4,6-7,18H,2,5,8-17H2,1H3,(H,22,23);1H. The third-order valence-corrected chi connectivity index (χ3v) is 5.17. The first-order valence-electron chi connectivity index (χ1n) is 10.1. The minimum Gasteiger partial charge on any atom is -0.381 e. The van der Waals surface area contributed by atoms with Gasteiger partial charge in [-0.05, 0) is 49.7 Å². The Balaban J connectivity index is 0.00000261. The second-order valence-corrected chi connectivity index (χ2v) is 7.16. The van der Waals surface area contributed by atoms with E-state index in [1.54, 1.807) is 0 Å². The molecule has 0 radical (unpaired) electrons. The zero-order chi connectivity index (χ0) is 18.0. The lowest BCUT2D eigenvalue weighted by atomic mass is 10.0. The molecule has 0 saturated carbocycles. The molecule has 2 aliphatic heterocycles. The quantitative estimate of drug-likeness (QED) is 0.277. The monoisotopic (exact) mass is 487 g/mol. The van der Waals surface area contributed by atoms with E-state index in [0.717, 1.165) is 84.2 Å². The van der Waals surface area contributed by atoms with Gasteiger partial charge in [-0.1, -0.05) is 24.3 Å². The predicted octanol–water partition coefficient (Wildman–Crippen LogP) is 3.46. The summed E-state index contributed by atoms with van der Waals surface area (Å²) in [6, 6.07) is 8.73. The molecule has 2 aliphatic rings. The van der Waals surface area contributed by atoms with Crippen molar-refractivity contribution in [2.75, 3.05) is 46.1 Å². The number of rotatable bonds is 7. The maximum Gasteiger partial charge on any atom is 0.194 e. The summed E-state index contributed by atoms with van der Waals surface area (Å²) in [5.74, 6) is 1.71. The number of fused-ring (bicyclic) bond motifs is 1. The minimum atomic E-state index is 0. The molecule has 1 fully saturated rings. The highest BCUT2D eigenvalue weighted by Gasteiger charge is 2.18. The van der Waals surface area contributed by atoms with Crippen LogP contribution in [-0.2, 0) is 22.4 Å². The van der Waals surface area contributed by atoms with Crippen LogP contribution < -0.4 is 5.32 Å². The van der Waals surface area contributed by atoms with E-state index in [1.165, 1.54) is 11.1 Å². The highest BCUT2D eigenvalue weighted by atomic mass is 127. The van der Waals surface area contributed by atoms with Crippen molar-refractivity contribution in [1.29, 1.82) is 0 Å². The predicted molar refractivity (Wildman–Crippen MR) is 121 cm³/mol. The van der Waals surface area contributed by atoms with Crippen LogP contribution in [0.4, 0.5) is 0 Å². The van der Waals surface area contributed by atoms with Crippen LogP contribution in [0.3, 0.4) is 0 Å². The number of nitrogens with zero attached hydrogens (tertiary/aromatic N) is 2. The van der Waals surface area contributed by atoms with Gasteiger partial charge in [0.15, 0.2) is 5.96 Å². The number of aliphatic imine (C=N–C) groups is 1. The first kappa shape index (κ1) is 22.4. The number of guanidine groups is 1. The van der Waals surface area contributed by atoms with Crippen LogP contribution in [0.2, 0.25) is 0 Å². The van der Waals surface area contributed by atoms with Crippen molar-refractivity contribution in [3.63, 3.8) is 0 Å². The second-order valence-electron chi connectivity index (χ2n) is 7.16. The maximum atomic E-state index is 5.85. The Kier molecular flexibility index (Phi) is 10.4. The van der Waals surface area contributed by atoms with Crippen molar-refractivity contribution in [2.24, 2.45) is 10.9 Å². The van der Waals surface area contributed by atoms with Gasteiger partial charge in [0.25, 0.3) is 0 Å². The van der Waals surface area contributed by atoms with E-state index in [9.17, 15) is 0 Å². The normalized spacial score (nSPS) is 18.0. The van der Waals surface area contributed by atoms with Crippen LogP contribution in [0, 0.1) is 5.92 Å². The number of ether oxygens (including phenoxy) is 2. The molecule has 1 aromatic rings. The van der Waals surface area contributed by atoms with Crippen molar-refractivity contribution < 1.29 is 9.47 Å². The van der Waals surface area contributed by atoms with E-state index in [-0.39, 0.29) is 24.0 Å². The molecule has 0 unspecified atom stereocenters. The number of halogens is 1. The summed E-state index contributed by atoms with van der Waals surface area (Å²) in [6.45, 7) is 9.27. The Morgan fingerprint density at radius 3 is 2.81 bits per heavy atom. The Labute approximate surface area is 180 Å². The molecular formula is C21H34IN3O2. The molecule has 3 rings (SSSR count). The fourth-order valence-electron chi connectivity index (χ4n) is 3.62. The zero-order valence-electron chi connectivity index (χ0n) is 16.5. The number of hydrogen-bond acceptors (Lipinski definition) is 3. The second kappa shape index (κ2) is 12.6. The lowest BCUT2D eigenvalue weighted by molar-refractivity contribution is 0.0205. The maximum absolute atomic E-state index is 5.85. The van der Waals surface area contributed by atoms with Gasteiger partial charge >= 0.3 is 0 Å². The van der Waals surface area contributed by atoms with Crippen LogP contribution in [0.15, 0.2) is 29.3 Å². The minimum absolute atomic E-state index is 0. The van der Waals surface area contributed by atoms with E-state index < -0.39 is 0 Å². The lowest BCUT2D eigenvalue weighted by Crippen LogP contribution is -2.44. The fourth-order valence-corrected chi connectivity index (χ4v) is 3.62. The van der Waals surface area contributed by atoms with Gasteiger partial charge in [-0.3, -0.25) is 4.99 Å². The van der Waals surface area contributed by atoms with Crippen LogP contribution in [-0.4, -0.2) is 56.9 Å². The van der Waals surface area contributed by atoms with E-state index in [0.29, 0.717) is 5.92 Å². The first-order chi connectivity index (χ1) is 12.9. The summed E-state index contributed by atoms with van der Waals surface area (Å²) in [7, 11) is 0. The van der Waals surface area contributed by atoms with Crippen molar-refractivity contribution in [3.8, 4) is 0 Å². The molecule has 1 aromatic carbocycles. The Morgan fingerprint density at radius 1 is 1.26 bits per heavy atom. The summed E-state index contributed by atoms with van der Waals surface area (Å²) < 4.78 is 11.2. The van der Waals surface area contributed by atoms with Crippen molar-refractivity contribution in [3.05, 3.63) is 35.4 Å². The Bertz CT molecular complexity index is 576. The number of hydrogen-bond donors (Lipinski definition) is 1. The molecule has 0 aliphatic carbocycles. The van der Waals surface area contributed by atoms with Crippen LogP contribution in [0.25, 0.3) is 0 Å². The molecule has 152 valence electrons. The molecule has 0 bridgehead atoms. The summed E-state index contributed by atoms with van der Waals surface area (Å²) >= 11 is 0. The van der Waals surface area contributed by atoms with Gasteiger partial charge in [0.05, 0.1) is 0 Å². The summed E-state index contributed by atoms with van der Waals surface area (Å²) in [6.07, 6.45) is 4.34. The van der Waals surface area contributed by atoms with Gasteiger partial charge in [0, 0.05) is 52.6 Å².